The lowest BCUT2D eigenvalue weighted by Crippen LogP contribution is -2.27. The zero-order valence-electron chi connectivity index (χ0n) is 16.3. The molecule has 0 bridgehead atoms. The van der Waals surface area contributed by atoms with E-state index in [9.17, 15) is 8.42 Å². The number of nitrogens with zero attached hydrogens (tertiary/aromatic N) is 2. The van der Waals surface area contributed by atoms with E-state index in [4.69, 9.17) is 4.74 Å². The summed E-state index contributed by atoms with van der Waals surface area (Å²) in [5, 5.41) is 4.58. The van der Waals surface area contributed by atoms with Crippen molar-refractivity contribution in [2.24, 2.45) is 5.10 Å². The summed E-state index contributed by atoms with van der Waals surface area (Å²) in [5.41, 5.74) is 3.25. The van der Waals surface area contributed by atoms with Crippen LogP contribution in [0.4, 0.5) is 0 Å². The minimum absolute atomic E-state index is 0.275. The van der Waals surface area contributed by atoms with Crippen LogP contribution in [0.1, 0.15) is 29.2 Å². The van der Waals surface area contributed by atoms with Crippen molar-refractivity contribution in [1.82, 2.24) is 4.41 Å². The topological polar surface area (TPSA) is 59.0 Å². The Bertz CT molecular complexity index is 1140. The first-order valence-electron chi connectivity index (χ1n) is 9.37. The molecule has 1 heterocycles. The molecule has 0 fully saturated rings. The monoisotopic (exact) mass is 406 g/mol. The van der Waals surface area contributed by atoms with Crippen LogP contribution in [0.2, 0.25) is 0 Å². The Morgan fingerprint density at radius 2 is 1.59 bits per heavy atom. The first kappa shape index (κ1) is 19.2. The maximum Gasteiger partial charge on any atom is 0.279 e. The summed E-state index contributed by atoms with van der Waals surface area (Å²) in [6, 6.07) is 23.8. The van der Waals surface area contributed by atoms with E-state index in [1.807, 2.05) is 60.7 Å². The molecular formula is C23H22N2O3S. The van der Waals surface area contributed by atoms with Crippen LogP contribution in [0.5, 0.6) is 5.75 Å². The second-order valence-electron chi connectivity index (χ2n) is 6.95. The van der Waals surface area contributed by atoms with Crippen molar-refractivity contribution >= 4 is 15.7 Å². The molecule has 6 heteroatoms. The molecule has 3 aromatic carbocycles. The van der Waals surface area contributed by atoms with Crippen molar-refractivity contribution in [1.29, 1.82) is 0 Å². The SMILES string of the molecule is COc1ccc([C@H]2CC(c3ccccc3)=NN2S(=O)(=O)c2ccccc2C)cc1. The molecule has 0 saturated carbocycles. The molecule has 4 rings (SSSR count). The fourth-order valence-electron chi connectivity index (χ4n) is 3.54. The van der Waals surface area contributed by atoms with Crippen LogP contribution in [0.25, 0.3) is 0 Å². The summed E-state index contributed by atoms with van der Waals surface area (Å²) in [4.78, 5) is 0.275. The molecule has 0 spiro atoms. The Balaban J connectivity index is 1.81. The van der Waals surface area contributed by atoms with E-state index in [0.717, 1.165) is 22.6 Å². The molecule has 1 aliphatic rings. The average Bonchev–Trinajstić information content (AvgIpc) is 3.21. The first-order chi connectivity index (χ1) is 14.0. The second-order valence-corrected chi connectivity index (χ2v) is 8.71. The van der Waals surface area contributed by atoms with Crippen molar-refractivity contribution in [3.05, 3.63) is 95.6 Å². The van der Waals surface area contributed by atoms with E-state index in [1.165, 1.54) is 4.41 Å². The zero-order valence-corrected chi connectivity index (χ0v) is 17.1. The summed E-state index contributed by atoms with van der Waals surface area (Å²) < 4.78 is 33.6. The van der Waals surface area contributed by atoms with Crippen LogP contribution in [0.3, 0.4) is 0 Å². The minimum atomic E-state index is -3.81. The number of ether oxygens (including phenoxy) is 1. The van der Waals surface area contributed by atoms with Crippen molar-refractivity contribution in [2.75, 3.05) is 7.11 Å². The van der Waals surface area contributed by atoms with Crippen molar-refractivity contribution in [2.45, 2.75) is 24.3 Å². The Hall–Kier alpha value is -3.12. The van der Waals surface area contributed by atoms with E-state index in [1.54, 1.807) is 32.2 Å². The molecule has 1 atom stereocenters. The smallest absolute Gasteiger partial charge is 0.279 e. The van der Waals surface area contributed by atoms with Gasteiger partial charge in [0.05, 0.1) is 23.8 Å². The Morgan fingerprint density at radius 3 is 2.24 bits per heavy atom. The molecule has 148 valence electrons. The largest absolute Gasteiger partial charge is 0.497 e. The van der Waals surface area contributed by atoms with Crippen molar-refractivity contribution < 1.29 is 13.2 Å². The van der Waals surface area contributed by atoms with E-state index in [2.05, 4.69) is 5.10 Å². The van der Waals surface area contributed by atoms with E-state index in [0.29, 0.717) is 12.0 Å². The molecule has 0 saturated heterocycles. The predicted molar refractivity (Wildman–Crippen MR) is 114 cm³/mol. The minimum Gasteiger partial charge on any atom is -0.497 e. The van der Waals surface area contributed by atoms with Gasteiger partial charge in [0.1, 0.15) is 5.75 Å². The fourth-order valence-corrected chi connectivity index (χ4v) is 5.20. The van der Waals surface area contributed by atoms with Crippen LogP contribution in [0, 0.1) is 6.92 Å². The number of hydrogen-bond donors (Lipinski definition) is 0. The van der Waals surface area contributed by atoms with Gasteiger partial charge in [-0.05, 0) is 41.8 Å². The third kappa shape index (κ3) is 3.63. The van der Waals surface area contributed by atoms with Crippen LogP contribution < -0.4 is 4.74 Å². The molecule has 0 aliphatic carbocycles. The van der Waals surface area contributed by atoms with Crippen LogP contribution in [0.15, 0.2) is 88.9 Å². The molecule has 0 amide bonds. The Labute approximate surface area is 171 Å². The van der Waals surface area contributed by atoms with Gasteiger partial charge in [-0.25, -0.2) is 0 Å². The Morgan fingerprint density at radius 1 is 0.931 bits per heavy atom. The number of hydrogen-bond acceptors (Lipinski definition) is 4. The van der Waals surface area contributed by atoms with Gasteiger partial charge in [0.25, 0.3) is 10.0 Å². The number of rotatable bonds is 5. The van der Waals surface area contributed by atoms with Crippen molar-refractivity contribution in [3.8, 4) is 5.75 Å². The molecule has 0 unspecified atom stereocenters. The zero-order chi connectivity index (χ0) is 20.4. The highest BCUT2D eigenvalue weighted by atomic mass is 32.2. The van der Waals surface area contributed by atoms with E-state index >= 15 is 0 Å². The molecule has 0 radical (unpaired) electrons. The predicted octanol–water partition coefficient (Wildman–Crippen LogP) is 4.54. The summed E-state index contributed by atoms with van der Waals surface area (Å²) in [7, 11) is -2.20. The summed E-state index contributed by atoms with van der Waals surface area (Å²) in [6.45, 7) is 1.80. The standard InChI is InChI=1S/C23H22N2O3S/c1-17-8-6-7-11-23(17)29(26,27)25-22(19-12-14-20(28-2)15-13-19)16-21(24-25)18-9-4-3-5-10-18/h3-15,22H,16H2,1-2H3/t22-/m1/s1. The van der Waals surface area contributed by atoms with Gasteiger partial charge in [-0.2, -0.15) is 17.9 Å². The quantitative estimate of drug-likeness (QED) is 0.625. The normalized spacial score (nSPS) is 16.6. The lowest BCUT2D eigenvalue weighted by molar-refractivity contribution is 0.370. The lowest BCUT2D eigenvalue weighted by atomic mass is 9.99. The first-order valence-corrected chi connectivity index (χ1v) is 10.8. The summed E-state index contributed by atoms with van der Waals surface area (Å²) >= 11 is 0. The van der Waals surface area contributed by atoms with Gasteiger partial charge >= 0.3 is 0 Å². The number of benzene rings is 3. The average molecular weight is 407 g/mol. The third-order valence-corrected chi connectivity index (χ3v) is 6.94. The summed E-state index contributed by atoms with van der Waals surface area (Å²) in [6.07, 6.45) is 0.501. The maximum absolute atomic E-state index is 13.5. The maximum atomic E-state index is 13.5. The highest BCUT2D eigenvalue weighted by Crippen LogP contribution is 2.38. The van der Waals surface area contributed by atoms with Crippen molar-refractivity contribution in [3.63, 3.8) is 0 Å². The number of methoxy groups -OCH3 is 1. The van der Waals surface area contributed by atoms with Gasteiger partial charge in [-0.1, -0.05) is 60.7 Å². The molecular weight excluding hydrogens is 384 g/mol. The van der Waals surface area contributed by atoms with E-state index < -0.39 is 16.1 Å². The van der Waals surface area contributed by atoms with Gasteiger partial charge < -0.3 is 4.74 Å². The number of hydrazone groups is 1. The fraction of sp³-hybridized carbons (Fsp3) is 0.174. The van der Waals surface area contributed by atoms with Crippen LogP contribution in [-0.2, 0) is 10.0 Å². The van der Waals surface area contributed by atoms with Crippen LogP contribution >= 0.6 is 0 Å². The number of aryl methyl sites for hydroxylation is 1. The summed E-state index contributed by atoms with van der Waals surface area (Å²) in [5.74, 6) is 0.726. The van der Waals surface area contributed by atoms with Crippen LogP contribution in [-0.4, -0.2) is 25.7 Å². The molecule has 0 aromatic heterocycles. The molecule has 1 aliphatic heterocycles. The highest BCUT2D eigenvalue weighted by Gasteiger charge is 2.38. The van der Waals surface area contributed by atoms with Gasteiger partial charge in [0, 0.05) is 6.42 Å². The van der Waals surface area contributed by atoms with Gasteiger partial charge in [-0.3, -0.25) is 0 Å². The molecule has 3 aromatic rings. The van der Waals surface area contributed by atoms with Gasteiger partial charge in [0.2, 0.25) is 0 Å². The molecule has 29 heavy (non-hydrogen) atoms. The molecule has 5 nitrogen and oxygen atoms in total. The number of sulfonamides is 1. The molecule has 0 N–H and O–H groups in total. The Kier molecular flexibility index (Phi) is 5.11. The van der Waals surface area contributed by atoms with Gasteiger partial charge in [0.15, 0.2) is 0 Å². The lowest BCUT2D eigenvalue weighted by Gasteiger charge is -2.24. The van der Waals surface area contributed by atoms with E-state index in [-0.39, 0.29) is 4.90 Å². The second kappa shape index (κ2) is 7.72. The third-order valence-electron chi connectivity index (χ3n) is 5.10. The van der Waals surface area contributed by atoms with Gasteiger partial charge in [-0.15, -0.1) is 0 Å². The highest BCUT2D eigenvalue weighted by molar-refractivity contribution is 7.89.